The molecule has 0 aromatic heterocycles. The minimum Gasteiger partial charge on any atom is -0.378 e. The van der Waals surface area contributed by atoms with Crippen molar-refractivity contribution in [3.05, 3.63) is 0 Å². The molecule has 1 atom stereocenters. The molecule has 1 aliphatic carbocycles. The summed E-state index contributed by atoms with van der Waals surface area (Å²) in [6.07, 6.45) is 9.25. The molecule has 1 aliphatic heterocycles. The quantitative estimate of drug-likeness (QED) is 0.289. The zero-order valence-electron chi connectivity index (χ0n) is 18.0. The molecule has 1 saturated heterocycles. The molecule has 0 aromatic rings. The second-order valence-electron chi connectivity index (χ2n) is 8.14. The van der Waals surface area contributed by atoms with E-state index in [2.05, 4.69) is 43.2 Å². The number of hydrogen-bond acceptors (Lipinski definition) is 3. The average molecular weight is 495 g/mol. The van der Waals surface area contributed by atoms with Crippen LogP contribution < -0.4 is 10.6 Å². The van der Waals surface area contributed by atoms with Gasteiger partial charge in [0.05, 0.1) is 6.10 Å². The van der Waals surface area contributed by atoms with Gasteiger partial charge >= 0.3 is 0 Å². The molecule has 0 radical (unpaired) electrons. The van der Waals surface area contributed by atoms with Crippen molar-refractivity contribution in [2.45, 2.75) is 90.8 Å². The molecule has 2 N–H and O–H groups in total. The van der Waals surface area contributed by atoms with E-state index in [0.717, 1.165) is 38.0 Å². The summed E-state index contributed by atoms with van der Waals surface area (Å²) >= 11 is 0. The Bertz CT molecular complexity index is 405. The van der Waals surface area contributed by atoms with E-state index in [-0.39, 0.29) is 24.0 Å². The number of rotatable bonds is 9. The van der Waals surface area contributed by atoms with Gasteiger partial charge in [-0.15, -0.1) is 24.0 Å². The summed E-state index contributed by atoms with van der Waals surface area (Å²) in [4.78, 5) is 7.42. The number of likely N-dealkylation sites (tertiary alicyclic amines) is 1. The largest absolute Gasteiger partial charge is 0.378 e. The molecule has 1 unspecified atom stereocenters. The zero-order chi connectivity index (χ0) is 18.8. The molecule has 2 fully saturated rings. The van der Waals surface area contributed by atoms with Crippen molar-refractivity contribution in [2.24, 2.45) is 10.9 Å². The fourth-order valence-corrected chi connectivity index (χ4v) is 4.38. The Morgan fingerprint density at radius 3 is 2.33 bits per heavy atom. The van der Waals surface area contributed by atoms with E-state index in [1.165, 1.54) is 51.6 Å². The van der Waals surface area contributed by atoms with Gasteiger partial charge < -0.3 is 20.3 Å². The van der Waals surface area contributed by atoms with Gasteiger partial charge in [0.1, 0.15) is 0 Å². The van der Waals surface area contributed by atoms with Crippen LogP contribution >= 0.6 is 24.0 Å². The number of guanidine groups is 1. The Morgan fingerprint density at radius 1 is 1.11 bits per heavy atom. The maximum atomic E-state index is 6.04. The fraction of sp³-hybridized carbons (Fsp3) is 0.952. The maximum Gasteiger partial charge on any atom is 0.191 e. The lowest BCUT2D eigenvalue weighted by Crippen LogP contribution is -2.49. The van der Waals surface area contributed by atoms with E-state index < -0.39 is 0 Å². The van der Waals surface area contributed by atoms with Crippen molar-refractivity contribution in [1.29, 1.82) is 0 Å². The molecule has 0 bridgehead atoms. The van der Waals surface area contributed by atoms with Crippen molar-refractivity contribution >= 4 is 29.9 Å². The third kappa shape index (κ3) is 8.86. The molecule has 1 heterocycles. The zero-order valence-corrected chi connectivity index (χ0v) is 20.3. The molecule has 6 heteroatoms. The second kappa shape index (κ2) is 14.0. The Kier molecular flexibility index (Phi) is 12.9. The summed E-state index contributed by atoms with van der Waals surface area (Å²) in [5, 5.41) is 7.09. The van der Waals surface area contributed by atoms with Crippen LogP contribution in [0.3, 0.4) is 0 Å². The van der Waals surface area contributed by atoms with E-state index in [0.29, 0.717) is 18.2 Å². The molecular weight excluding hydrogens is 451 g/mol. The molecule has 2 rings (SSSR count). The van der Waals surface area contributed by atoms with Crippen LogP contribution in [-0.2, 0) is 4.74 Å². The van der Waals surface area contributed by atoms with E-state index in [1.54, 1.807) is 0 Å². The third-order valence-corrected chi connectivity index (χ3v) is 5.93. The molecule has 0 amide bonds. The Balaban J connectivity index is 0.00000364. The van der Waals surface area contributed by atoms with Gasteiger partial charge in [-0.25, -0.2) is 0 Å². The fourth-order valence-electron chi connectivity index (χ4n) is 4.38. The highest BCUT2D eigenvalue weighted by atomic mass is 127. The topological polar surface area (TPSA) is 48.9 Å². The van der Waals surface area contributed by atoms with Crippen LogP contribution in [0.5, 0.6) is 0 Å². The molecule has 160 valence electrons. The van der Waals surface area contributed by atoms with Crippen molar-refractivity contribution in [3.8, 4) is 0 Å². The van der Waals surface area contributed by atoms with E-state index in [9.17, 15) is 0 Å². The van der Waals surface area contributed by atoms with Crippen molar-refractivity contribution in [3.63, 3.8) is 0 Å². The molecular formula is C21H43IN4O. The Morgan fingerprint density at radius 2 is 1.78 bits per heavy atom. The number of aliphatic imine (C=N–C) groups is 1. The second-order valence-corrected chi connectivity index (χ2v) is 8.14. The predicted octanol–water partition coefficient (Wildman–Crippen LogP) is 4.02. The van der Waals surface area contributed by atoms with Gasteiger partial charge in [0, 0.05) is 44.9 Å². The summed E-state index contributed by atoms with van der Waals surface area (Å²) < 4.78 is 6.04. The molecule has 27 heavy (non-hydrogen) atoms. The lowest BCUT2D eigenvalue weighted by atomic mass is 9.98. The number of halogens is 1. The molecule has 0 aromatic carbocycles. The minimum atomic E-state index is 0. The van der Waals surface area contributed by atoms with E-state index in [4.69, 9.17) is 9.73 Å². The maximum absolute atomic E-state index is 6.04. The van der Waals surface area contributed by atoms with Crippen LogP contribution in [0.15, 0.2) is 4.99 Å². The molecule has 0 spiro atoms. The Hall–Kier alpha value is -0.0800. The predicted molar refractivity (Wildman–Crippen MR) is 126 cm³/mol. The first-order chi connectivity index (χ1) is 12.6. The lowest BCUT2D eigenvalue weighted by Gasteiger charge is -2.35. The van der Waals surface area contributed by atoms with Gasteiger partial charge in [0.25, 0.3) is 0 Å². The van der Waals surface area contributed by atoms with E-state index >= 15 is 0 Å². The van der Waals surface area contributed by atoms with Crippen molar-refractivity contribution in [1.82, 2.24) is 15.5 Å². The molecule has 2 aliphatic rings. The van der Waals surface area contributed by atoms with Crippen LogP contribution in [-0.4, -0.2) is 61.8 Å². The first-order valence-corrected chi connectivity index (χ1v) is 11.0. The number of nitrogens with zero attached hydrogens (tertiary/aromatic N) is 2. The lowest BCUT2D eigenvalue weighted by molar-refractivity contribution is 0.0177. The highest BCUT2D eigenvalue weighted by molar-refractivity contribution is 14.0. The number of piperidine rings is 1. The summed E-state index contributed by atoms with van der Waals surface area (Å²) in [5.74, 6) is 1.73. The van der Waals surface area contributed by atoms with Gasteiger partial charge in [-0.3, -0.25) is 4.99 Å². The van der Waals surface area contributed by atoms with Crippen LogP contribution in [0.2, 0.25) is 0 Å². The minimum absolute atomic E-state index is 0. The van der Waals surface area contributed by atoms with Crippen LogP contribution in [0.1, 0.15) is 72.6 Å². The number of nitrogens with one attached hydrogen (secondary N) is 2. The normalized spacial score (nSPS) is 21.3. The standard InChI is InChI=1S/C21H42N4O.HI/c1-5-22-21(24-19-12-15-25(16-13-19)17(3)4)23-14-11-20(26-6-2)18-9-7-8-10-18;/h17-20H,5-16H2,1-4H3,(H2,22,23,24);1H. The summed E-state index contributed by atoms with van der Waals surface area (Å²) in [6.45, 7) is 13.8. The SMILES string of the molecule is CCNC(=NCCC(OCC)C1CCCC1)NC1CCN(C(C)C)CC1.I. The van der Waals surface area contributed by atoms with Gasteiger partial charge in [0.15, 0.2) is 5.96 Å². The van der Waals surface area contributed by atoms with Crippen molar-refractivity contribution < 1.29 is 4.74 Å². The number of ether oxygens (including phenoxy) is 1. The van der Waals surface area contributed by atoms with Gasteiger partial charge in [-0.05, 0) is 65.7 Å². The number of hydrogen-bond donors (Lipinski definition) is 2. The first-order valence-electron chi connectivity index (χ1n) is 11.0. The third-order valence-electron chi connectivity index (χ3n) is 5.93. The first kappa shape index (κ1) is 25.0. The van der Waals surface area contributed by atoms with Crippen LogP contribution in [0.4, 0.5) is 0 Å². The summed E-state index contributed by atoms with van der Waals surface area (Å²) in [5.41, 5.74) is 0. The van der Waals surface area contributed by atoms with Gasteiger partial charge in [-0.1, -0.05) is 12.8 Å². The average Bonchev–Trinajstić information content (AvgIpc) is 3.16. The van der Waals surface area contributed by atoms with Crippen LogP contribution in [0, 0.1) is 5.92 Å². The summed E-state index contributed by atoms with van der Waals surface area (Å²) in [6, 6.07) is 1.20. The summed E-state index contributed by atoms with van der Waals surface area (Å²) in [7, 11) is 0. The molecule has 1 saturated carbocycles. The van der Waals surface area contributed by atoms with Gasteiger partial charge in [0.2, 0.25) is 0 Å². The highest BCUT2D eigenvalue weighted by Crippen LogP contribution is 2.30. The Labute approximate surface area is 184 Å². The smallest absolute Gasteiger partial charge is 0.191 e. The highest BCUT2D eigenvalue weighted by Gasteiger charge is 2.25. The molecule has 5 nitrogen and oxygen atoms in total. The van der Waals surface area contributed by atoms with Crippen LogP contribution in [0.25, 0.3) is 0 Å². The van der Waals surface area contributed by atoms with Gasteiger partial charge in [-0.2, -0.15) is 0 Å². The van der Waals surface area contributed by atoms with E-state index in [1.807, 2.05) is 0 Å². The van der Waals surface area contributed by atoms with Crippen molar-refractivity contribution in [2.75, 3.05) is 32.8 Å². The monoisotopic (exact) mass is 494 g/mol.